The van der Waals surface area contributed by atoms with Crippen LogP contribution in [0.25, 0.3) is 0 Å². The number of hydrogen-bond acceptors (Lipinski definition) is 3. The number of hydrogen-bond donors (Lipinski definition) is 0. The van der Waals surface area contributed by atoms with Crippen LogP contribution in [0.3, 0.4) is 0 Å². The Morgan fingerprint density at radius 1 is 1.75 bits per heavy atom. The van der Waals surface area contributed by atoms with Crippen LogP contribution in [0.4, 0.5) is 0 Å². The summed E-state index contributed by atoms with van der Waals surface area (Å²) < 4.78 is 0. The van der Waals surface area contributed by atoms with Crippen molar-refractivity contribution in [2.45, 2.75) is 0 Å². The van der Waals surface area contributed by atoms with Gasteiger partial charge in [0.15, 0.2) is 0 Å². The van der Waals surface area contributed by atoms with Gasteiger partial charge in [0.25, 0.3) is 0 Å². The molecule has 0 N–H and O–H groups in total. The van der Waals surface area contributed by atoms with E-state index in [0.717, 1.165) is 5.34 Å². The second-order valence-corrected chi connectivity index (χ2v) is 0.0745. The van der Waals surface area contributed by atoms with Gasteiger partial charge in [-0.05, 0) is 0 Å². The summed E-state index contributed by atoms with van der Waals surface area (Å²) in [5.41, 5.74) is 0. The van der Waals surface area contributed by atoms with Crippen molar-refractivity contribution in [3.63, 3.8) is 0 Å². The van der Waals surface area contributed by atoms with Gasteiger partial charge in [0.05, 0.1) is 0 Å². The molecular weight excluding hydrogens is 161 g/mol. The van der Waals surface area contributed by atoms with E-state index in [9.17, 15) is 0 Å². The zero-order valence-electron chi connectivity index (χ0n) is 1.84. The fourth-order valence-corrected chi connectivity index (χ4v) is 0. The molecule has 0 amide bonds. The minimum atomic E-state index is 0. The molecule has 0 atom stereocenters. The summed E-state index contributed by atoms with van der Waals surface area (Å²) in [5.74, 6) is 0. The van der Waals surface area contributed by atoms with Crippen molar-refractivity contribution in [1.82, 2.24) is 0 Å². The van der Waals surface area contributed by atoms with Crippen LogP contribution in [-0.2, 0) is 0 Å². The van der Waals surface area contributed by atoms with Crippen molar-refractivity contribution in [2.75, 3.05) is 0 Å². The van der Waals surface area contributed by atoms with Crippen LogP contribution in [0.2, 0.25) is 0 Å². The van der Waals surface area contributed by atoms with E-state index in [1.54, 1.807) is 0 Å². The van der Waals surface area contributed by atoms with E-state index in [1.807, 2.05) is 0 Å². The average Bonchev–Trinajstić information content (AvgIpc) is 0.918. The first-order valence-corrected chi connectivity index (χ1v) is 0.365. The second kappa shape index (κ2) is 10.4. The Hall–Kier alpha value is 0.270. The quantitative estimate of drug-likeness (QED) is 0.366. The molecule has 0 rings (SSSR count). The van der Waals surface area contributed by atoms with E-state index in [1.165, 1.54) is 0 Å². The molecule has 3 radical (unpaired) electrons. The molecule has 0 aromatic heterocycles. The van der Waals surface area contributed by atoms with Crippen LogP contribution in [0, 0.1) is 10.1 Å². The molecule has 0 bridgehead atoms. The summed E-state index contributed by atoms with van der Waals surface area (Å²) in [4.78, 5) is 8.00. The van der Waals surface area contributed by atoms with E-state index in [2.05, 4.69) is 0 Å². The summed E-state index contributed by atoms with van der Waals surface area (Å²) in [7, 11) is 0. The molecule has 0 aromatic carbocycles. The number of nitrogens with zero attached hydrogens (tertiary/aromatic N) is 1. The summed E-state index contributed by atoms with van der Waals surface area (Å²) in [6, 6.07) is 0. The van der Waals surface area contributed by atoms with Crippen molar-refractivity contribution in [1.29, 1.82) is 0 Å². The molecule has 0 spiro atoms. The fourth-order valence-electron chi connectivity index (χ4n) is 0. The van der Waals surface area contributed by atoms with Crippen LogP contribution >= 0.6 is 0 Å². The van der Waals surface area contributed by atoms with Gasteiger partial charge in [0.1, 0.15) is 0 Å². The molecule has 0 unspecified atom stereocenters. The SMILES string of the molecule is O=N[O-].[In]. The number of rotatable bonds is 0. The molecule has 0 aliphatic heterocycles. The van der Waals surface area contributed by atoms with Crippen molar-refractivity contribution < 1.29 is 0 Å². The molecule has 0 heterocycles. The summed E-state index contributed by atoms with van der Waals surface area (Å²) >= 11 is 0. The molecule has 0 saturated heterocycles. The van der Waals surface area contributed by atoms with Crippen molar-refractivity contribution in [3.05, 3.63) is 10.1 Å². The van der Waals surface area contributed by atoms with Crippen molar-refractivity contribution in [3.8, 4) is 0 Å². The Kier molecular flexibility index (Phi) is 23.1. The van der Waals surface area contributed by atoms with Gasteiger partial charge >= 0.3 is 0 Å². The zero-order valence-corrected chi connectivity index (χ0v) is 5.14. The predicted octanol–water partition coefficient (Wildman–Crippen LogP) is -0.130. The molecule has 0 aliphatic carbocycles. The van der Waals surface area contributed by atoms with E-state index in [0.29, 0.717) is 0 Å². The predicted molar refractivity (Wildman–Crippen MR) is 14.9 cm³/mol. The minimum Gasteiger partial charge on any atom is -0.444 e. The maximum Gasteiger partial charge on any atom is 0 e. The van der Waals surface area contributed by atoms with E-state index >= 15 is 0 Å². The Morgan fingerprint density at radius 3 is 1.75 bits per heavy atom. The molecule has 0 aliphatic rings. The first-order valence-electron chi connectivity index (χ1n) is 0.365. The third-order valence-electron chi connectivity index (χ3n) is 0. The molecule has 21 valence electrons. The Morgan fingerprint density at radius 2 is 1.75 bits per heavy atom. The fraction of sp³-hybridized carbons (Fsp3) is 0. The second-order valence-electron chi connectivity index (χ2n) is 0.0745. The van der Waals surface area contributed by atoms with Gasteiger partial charge in [0, 0.05) is 25.8 Å². The third kappa shape index (κ3) is 50.2. The van der Waals surface area contributed by atoms with Crippen LogP contribution < -0.4 is 0 Å². The molecule has 4 heteroatoms. The van der Waals surface area contributed by atoms with Crippen LogP contribution in [0.15, 0.2) is 5.34 Å². The van der Waals surface area contributed by atoms with Gasteiger partial charge in [-0.3, -0.25) is 0 Å². The Bertz CT molecular complexity index is 13.5. The molecule has 0 aromatic rings. The third-order valence-corrected chi connectivity index (χ3v) is 0. The monoisotopic (exact) mass is 161 g/mol. The Labute approximate surface area is 41.7 Å². The van der Waals surface area contributed by atoms with Gasteiger partial charge in [0.2, 0.25) is 0 Å². The molecule has 4 heavy (non-hydrogen) atoms. The standard InChI is InChI=1S/In.HNO2/c;2-1-3/h;(H,2,3)/p-1. The summed E-state index contributed by atoms with van der Waals surface area (Å²) in [6.07, 6.45) is 0. The van der Waals surface area contributed by atoms with Gasteiger partial charge in [-0.2, -0.15) is 0 Å². The van der Waals surface area contributed by atoms with Crippen molar-refractivity contribution >= 4 is 25.8 Å². The summed E-state index contributed by atoms with van der Waals surface area (Å²) in [5, 5.41) is 9.00. The normalized spacial score (nSPS) is 3.00. The topological polar surface area (TPSA) is 52.5 Å². The molecule has 0 fully saturated rings. The summed E-state index contributed by atoms with van der Waals surface area (Å²) in [6.45, 7) is 0. The van der Waals surface area contributed by atoms with E-state index in [4.69, 9.17) is 10.1 Å². The first-order chi connectivity index (χ1) is 1.41. The minimum absolute atomic E-state index is 0. The maximum absolute atomic E-state index is 8.00. The van der Waals surface area contributed by atoms with Crippen molar-refractivity contribution in [2.24, 2.45) is 5.34 Å². The van der Waals surface area contributed by atoms with Gasteiger partial charge in [-0.15, -0.1) is 5.34 Å². The zero-order chi connectivity index (χ0) is 2.71. The molecular formula is InNO2-. The van der Waals surface area contributed by atoms with Crippen LogP contribution in [0.1, 0.15) is 0 Å². The maximum atomic E-state index is 8.00. The molecule has 0 saturated carbocycles. The van der Waals surface area contributed by atoms with Gasteiger partial charge in [-0.25, -0.2) is 0 Å². The van der Waals surface area contributed by atoms with Gasteiger partial charge in [-0.1, -0.05) is 0 Å². The largest absolute Gasteiger partial charge is 0.444 e. The van der Waals surface area contributed by atoms with E-state index < -0.39 is 0 Å². The van der Waals surface area contributed by atoms with Gasteiger partial charge < -0.3 is 10.1 Å². The average molecular weight is 161 g/mol. The van der Waals surface area contributed by atoms with Crippen LogP contribution in [-0.4, -0.2) is 25.8 Å². The molecule has 3 nitrogen and oxygen atoms in total. The first kappa shape index (κ1) is 8.86. The van der Waals surface area contributed by atoms with Crippen LogP contribution in [0.5, 0.6) is 0 Å². The Balaban J connectivity index is 0. The van der Waals surface area contributed by atoms with E-state index in [-0.39, 0.29) is 25.8 Å². The smallest absolute Gasteiger partial charge is 0 e.